The first kappa shape index (κ1) is 16.3. The highest BCUT2D eigenvalue weighted by molar-refractivity contribution is 6.34. The zero-order chi connectivity index (χ0) is 15.0. The van der Waals surface area contributed by atoms with Crippen LogP contribution in [0.1, 0.15) is 11.7 Å². The number of alkyl halides is 5. The van der Waals surface area contributed by atoms with E-state index in [1.807, 2.05) is 0 Å². The minimum Gasteiger partial charge on any atom is -0.495 e. The summed E-state index contributed by atoms with van der Waals surface area (Å²) in [4.78, 5) is 0. The molecule has 2 nitrogen and oxygen atoms in total. The van der Waals surface area contributed by atoms with Crippen molar-refractivity contribution >= 4 is 23.2 Å². The molecule has 1 rings (SSSR count). The Morgan fingerprint density at radius 3 is 2.05 bits per heavy atom. The first-order chi connectivity index (χ1) is 8.52. The lowest BCUT2D eigenvalue weighted by Gasteiger charge is -2.25. The molecule has 0 heterocycles. The molecule has 1 unspecified atom stereocenters. The van der Waals surface area contributed by atoms with E-state index >= 15 is 0 Å². The van der Waals surface area contributed by atoms with Crippen molar-refractivity contribution in [2.45, 2.75) is 18.2 Å². The van der Waals surface area contributed by atoms with Gasteiger partial charge >= 0.3 is 12.1 Å². The van der Waals surface area contributed by atoms with Gasteiger partial charge in [0.2, 0.25) is 0 Å². The van der Waals surface area contributed by atoms with E-state index in [2.05, 4.69) is 0 Å². The third-order valence-electron chi connectivity index (χ3n) is 2.29. The van der Waals surface area contributed by atoms with Crippen molar-refractivity contribution in [2.75, 3.05) is 7.11 Å². The van der Waals surface area contributed by atoms with Crippen LogP contribution in [0.5, 0.6) is 5.75 Å². The third-order valence-corrected chi connectivity index (χ3v) is 2.91. The minimum absolute atomic E-state index is 0.0158. The predicted molar refractivity (Wildman–Crippen MR) is 59.0 cm³/mol. The lowest BCUT2D eigenvalue weighted by Crippen LogP contribution is -2.42. The number of benzene rings is 1. The molecule has 0 saturated carbocycles. The van der Waals surface area contributed by atoms with E-state index in [1.165, 1.54) is 7.11 Å². The van der Waals surface area contributed by atoms with Gasteiger partial charge in [0.15, 0.2) is 6.10 Å². The molecule has 0 aromatic heterocycles. The third kappa shape index (κ3) is 3.04. The molecule has 1 aromatic rings. The Morgan fingerprint density at radius 2 is 1.63 bits per heavy atom. The molecule has 0 amide bonds. The van der Waals surface area contributed by atoms with Crippen LogP contribution in [0.2, 0.25) is 10.0 Å². The van der Waals surface area contributed by atoms with E-state index < -0.39 is 28.8 Å². The van der Waals surface area contributed by atoms with Gasteiger partial charge in [-0.3, -0.25) is 0 Å². The van der Waals surface area contributed by atoms with Crippen LogP contribution in [0.15, 0.2) is 12.1 Å². The lowest BCUT2D eigenvalue weighted by atomic mass is 10.0. The molecule has 0 spiro atoms. The molecule has 0 bridgehead atoms. The number of halogens is 7. The summed E-state index contributed by atoms with van der Waals surface area (Å²) in [5.41, 5.74) is -0.838. The Hall–Kier alpha value is -0.790. The minimum atomic E-state index is -5.91. The van der Waals surface area contributed by atoms with Crippen molar-refractivity contribution < 1.29 is 31.8 Å². The van der Waals surface area contributed by atoms with Gasteiger partial charge in [0.05, 0.1) is 17.2 Å². The Bertz CT molecular complexity index is 476. The summed E-state index contributed by atoms with van der Waals surface area (Å²) < 4.78 is 67.1. The van der Waals surface area contributed by atoms with Gasteiger partial charge in [-0.15, -0.1) is 0 Å². The van der Waals surface area contributed by atoms with Crippen molar-refractivity contribution in [1.29, 1.82) is 0 Å². The molecule has 9 heteroatoms. The summed E-state index contributed by atoms with van der Waals surface area (Å²) in [6, 6.07) is 1.64. The number of hydrogen-bond donors (Lipinski definition) is 1. The summed E-state index contributed by atoms with van der Waals surface area (Å²) in [5, 5.41) is 8.43. The molecule has 0 saturated heterocycles. The number of methoxy groups -OCH3 is 1. The van der Waals surface area contributed by atoms with Gasteiger partial charge in [0, 0.05) is 11.6 Å². The quantitative estimate of drug-likeness (QED) is 0.843. The smallest absolute Gasteiger partial charge is 0.456 e. The summed E-state index contributed by atoms with van der Waals surface area (Å²) in [6.07, 6.45) is -9.08. The van der Waals surface area contributed by atoms with E-state index in [4.69, 9.17) is 27.9 Å². The SMILES string of the molecule is COc1cc(Cl)c(C(O)C(F)(F)C(F)(F)F)cc1Cl. The zero-order valence-electron chi connectivity index (χ0n) is 9.23. The Balaban J connectivity index is 3.28. The van der Waals surface area contributed by atoms with Gasteiger partial charge in [-0.2, -0.15) is 22.0 Å². The highest BCUT2D eigenvalue weighted by atomic mass is 35.5. The maximum atomic E-state index is 13.0. The second-order valence-corrected chi connectivity index (χ2v) is 4.35. The van der Waals surface area contributed by atoms with Crippen LogP contribution in [-0.4, -0.2) is 24.3 Å². The number of aliphatic hydroxyl groups excluding tert-OH is 1. The average Bonchev–Trinajstić information content (AvgIpc) is 2.29. The van der Waals surface area contributed by atoms with E-state index in [0.29, 0.717) is 6.07 Å². The lowest BCUT2D eigenvalue weighted by molar-refractivity contribution is -0.315. The highest BCUT2D eigenvalue weighted by Crippen LogP contribution is 2.47. The average molecular weight is 325 g/mol. The molecule has 0 fully saturated rings. The number of ether oxygens (including phenoxy) is 1. The second kappa shape index (κ2) is 5.30. The fraction of sp³-hybridized carbons (Fsp3) is 0.400. The van der Waals surface area contributed by atoms with Crippen molar-refractivity contribution in [2.24, 2.45) is 0 Å². The fourth-order valence-electron chi connectivity index (χ4n) is 1.26. The number of rotatable bonds is 3. The summed E-state index contributed by atoms with van der Waals surface area (Å²) in [6.45, 7) is 0. The van der Waals surface area contributed by atoms with Crippen molar-refractivity contribution in [3.63, 3.8) is 0 Å². The Kier molecular flexibility index (Phi) is 4.54. The Labute approximate surface area is 114 Å². The van der Waals surface area contributed by atoms with Gasteiger partial charge in [0.25, 0.3) is 0 Å². The standard InChI is InChI=1S/C10H7Cl2F5O2/c1-19-7-3-5(11)4(2-6(7)12)8(18)9(13,14)10(15,16)17/h2-3,8,18H,1H3. The highest BCUT2D eigenvalue weighted by Gasteiger charge is 2.63. The van der Waals surface area contributed by atoms with E-state index in [9.17, 15) is 27.1 Å². The molecule has 1 N–H and O–H groups in total. The molecule has 0 aliphatic heterocycles. The number of aliphatic hydroxyl groups is 1. The van der Waals surface area contributed by atoms with Crippen molar-refractivity contribution in [3.8, 4) is 5.75 Å². The normalized spacial score (nSPS) is 14.4. The van der Waals surface area contributed by atoms with Gasteiger partial charge in [-0.25, -0.2) is 0 Å². The molecule has 0 aliphatic carbocycles. The summed E-state index contributed by atoms with van der Waals surface area (Å²) in [7, 11) is 1.21. The molecular weight excluding hydrogens is 318 g/mol. The van der Waals surface area contributed by atoms with E-state index in [0.717, 1.165) is 6.07 Å². The Morgan fingerprint density at radius 1 is 1.11 bits per heavy atom. The summed E-state index contributed by atoms with van der Waals surface area (Å²) in [5.74, 6) is -5.37. The molecular formula is C10H7Cl2F5O2. The zero-order valence-corrected chi connectivity index (χ0v) is 10.7. The van der Waals surface area contributed by atoms with Crippen LogP contribution in [-0.2, 0) is 0 Å². The van der Waals surface area contributed by atoms with Crippen LogP contribution in [0.4, 0.5) is 22.0 Å². The largest absolute Gasteiger partial charge is 0.495 e. The molecule has 1 aromatic carbocycles. The second-order valence-electron chi connectivity index (χ2n) is 3.53. The van der Waals surface area contributed by atoms with Crippen LogP contribution >= 0.6 is 23.2 Å². The van der Waals surface area contributed by atoms with E-state index in [-0.39, 0.29) is 10.8 Å². The molecule has 1 atom stereocenters. The van der Waals surface area contributed by atoms with Gasteiger partial charge in [0.1, 0.15) is 5.75 Å². The van der Waals surface area contributed by atoms with Gasteiger partial charge < -0.3 is 9.84 Å². The monoisotopic (exact) mass is 324 g/mol. The van der Waals surface area contributed by atoms with Crippen molar-refractivity contribution in [1.82, 2.24) is 0 Å². The van der Waals surface area contributed by atoms with Crippen LogP contribution < -0.4 is 4.74 Å². The van der Waals surface area contributed by atoms with Crippen LogP contribution in [0.3, 0.4) is 0 Å². The maximum absolute atomic E-state index is 13.0. The molecule has 108 valence electrons. The van der Waals surface area contributed by atoms with Gasteiger partial charge in [-0.05, 0) is 6.07 Å². The molecule has 0 radical (unpaired) electrons. The van der Waals surface area contributed by atoms with E-state index in [1.54, 1.807) is 0 Å². The fourth-order valence-corrected chi connectivity index (χ4v) is 1.77. The molecule has 0 aliphatic rings. The first-order valence-corrected chi connectivity index (χ1v) is 5.43. The van der Waals surface area contributed by atoms with Crippen molar-refractivity contribution in [3.05, 3.63) is 27.7 Å². The maximum Gasteiger partial charge on any atom is 0.456 e. The molecule has 19 heavy (non-hydrogen) atoms. The first-order valence-electron chi connectivity index (χ1n) is 4.68. The number of hydrogen-bond acceptors (Lipinski definition) is 2. The van der Waals surface area contributed by atoms with Crippen LogP contribution in [0, 0.1) is 0 Å². The predicted octanol–water partition coefficient (Wildman–Crippen LogP) is 4.23. The van der Waals surface area contributed by atoms with Gasteiger partial charge in [-0.1, -0.05) is 23.2 Å². The van der Waals surface area contributed by atoms with Crippen LogP contribution in [0.25, 0.3) is 0 Å². The topological polar surface area (TPSA) is 29.5 Å². The summed E-state index contributed by atoms with van der Waals surface area (Å²) >= 11 is 11.1.